The first-order valence-corrected chi connectivity index (χ1v) is 7.12. The molecular formula is C15H19N3O. The number of anilines is 1. The molecule has 4 rings (SSSR count). The van der Waals surface area contributed by atoms with Crippen LogP contribution in [0.15, 0.2) is 24.3 Å². The zero-order chi connectivity index (χ0) is 13.0. The van der Waals surface area contributed by atoms with E-state index < -0.39 is 0 Å². The first-order valence-electron chi connectivity index (χ1n) is 7.12. The third-order valence-corrected chi connectivity index (χ3v) is 4.70. The van der Waals surface area contributed by atoms with E-state index in [0.717, 1.165) is 24.3 Å². The van der Waals surface area contributed by atoms with Gasteiger partial charge in [-0.25, -0.2) is 4.98 Å². The third kappa shape index (κ3) is 1.59. The number of benzene rings is 1. The van der Waals surface area contributed by atoms with Gasteiger partial charge in [0, 0.05) is 19.1 Å². The molecule has 2 aromatic rings. The maximum absolute atomic E-state index is 9.91. The second kappa shape index (κ2) is 3.97. The van der Waals surface area contributed by atoms with Gasteiger partial charge in [0.2, 0.25) is 5.95 Å². The molecule has 0 aliphatic carbocycles. The summed E-state index contributed by atoms with van der Waals surface area (Å²) in [6, 6.07) is 9.20. The number of hydrogen-bond donors (Lipinski definition) is 1. The van der Waals surface area contributed by atoms with Crippen LogP contribution in [0.25, 0.3) is 11.0 Å². The fourth-order valence-electron chi connectivity index (χ4n) is 3.84. The Labute approximate surface area is 112 Å². The van der Waals surface area contributed by atoms with Crippen molar-refractivity contribution in [2.45, 2.75) is 43.9 Å². The lowest BCUT2D eigenvalue weighted by Gasteiger charge is -2.37. The van der Waals surface area contributed by atoms with Gasteiger partial charge in [0.15, 0.2) is 0 Å². The minimum atomic E-state index is -0.122. The Morgan fingerprint density at radius 2 is 1.84 bits per heavy atom. The molecule has 4 nitrogen and oxygen atoms in total. The Morgan fingerprint density at radius 3 is 2.53 bits per heavy atom. The normalized spacial score (nSPS) is 30.2. The largest absolute Gasteiger partial charge is 0.393 e. The van der Waals surface area contributed by atoms with Crippen LogP contribution in [0.5, 0.6) is 0 Å². The molecule has 2 aliphatic heterocycles. The first kappa shape index (κ1) is 11.3. The van der Waals surface area contributed by atoms with Crippen molar-refractivity contribution in [2.75, 3.05) is 4.90 Å². The fraction of sp³-hybridized carbons (Fsp3) is 0.533. The van der Waals surface area contributed by atoms with E-state index in [9.17, 15) is 5.11 Å². The molecule has 3 heterocycles. The van der Waals surface area contributed by atoms with E-state index in [4.69, 9.17) is 4.98 Å². The lowest BCUT2D eigenvalue weighted by molar-refractivity contribution is 0.125. The molecule has 19 heavy (non-hydrogen) atoms. The van der Waals surface area contributed by atoms with Crippen LogP contribution in [0.2, 0.25) is 0 Å². The molecule has 1 aromatic heterocycles. The van der Waals surface area contributed by atoms with E-state index in [2.05, 4.69) is 34.7 Å². The standard InChI is InChI=1S/C15H19N3O/c1-17-14-5-3-2-4-13(14)16-15(17)18-10-6-7-11(18)9-12(19)8-10/h2-5,10-12,19H,6-9H2,1H3. The summed E-state index contributed by atoms with van der Waals surface area (Å²) in [7, 11) is 2.09. The smallest absolute Gasteiger partial charge is 0.206 e. The van der Waals surface area contributed by atoms with Crippen LogP contribution in [-0.2, 0) is 7.05 Å². The van der Waals surface area contributed by atoms with E-state index in [1.54, 1.807) is 0 Å². The van der Waals surface area contributed by atoms with Crippen molar-refractivity contribution in [3.63, 3.8) is 0 Å². The van der Waals surface area contributed by atoms with Gasteiger partial charge in [0.1, 0.15) is 0 Å². The number of fused-ring (bicyclic) bond motifs is 3. The van der Waals surface area contributed by atoms with Gasteiger partial charge < -0.3 is 14.6 Å². The van der Waals surface area contributed by atoms with Gasteiger partial charge >= 0.3 is 0 Å². The molecule has 1 aromatic carbocycles. The molecule has 0 saturated carbocycles. The van der Waals surface area contributed by atoms with E-state index >= 15 is 0 Å². The Hall–Kier alpha value is -1.55. The summed E-state index contributed by atoms with van der Waals surface area (Å²) in [4.78, 5) is 7.26. The van der Waals surface area contributed by atoms with Crippen LogP contribution >= 0.6 is 0 Å². The molecule has 100 valence electrons. The van der Waals surface area contributed by atoms with Crippen molar-refractivity contribution in [3.8, 4) is 0 Å². The predicted octanol–water partition coefficient (Wildman–Crippen LogP) is 2.07. The molecule has 0 radical (unpaired) electrons. The highest BCUT2D eigenvalue weighted by Crippen LogP contribution is 2.39. The Balaban J connectivity index is 1.81. The van der Waals surface area contributed by atoms with Crippen molar-refractivity contribution < 1.29 is 5.11 Å². The summed E-state index contributed by atoms with van der Waals surface area (Å²) in [6.07, 6.45) is 4.03. The Morgan fingerprint density at radius 1 is 1.16 bits per heavy atom. The van der Waals surface area contributed by atoms with Crippen LogP contribution in [0.4, 0.5) is 5.95 Å². The minimum Gasteiger partial charge on any atom is -0.393 e. The second-order valence-corrected chi connectivity index (χ2v) is 5.88. The van der Waals surface area contributed by atoms with Gasteiger partial charge in [-0.2, -0.15) is 0 Å². The molecule has 0 spiro atoms. The maximum atomic E-state index is 9.91. The van der Waals surface area contributed by atoms with Crippen LogP contribution in [0.1, 0.15) is 25.7 Å². The minimum absolute atomic E-state index is 0.122. The summed E-state index contributed by atoms with van der Waals surface area (Å²) < 4.78 is 2.19. The highest BCUT2D eigenvalue weighted by atomic mass is 16.3. The fourth-order valence-corrected chi connectivity index (χ4v) is 3.84. The molecular weight excluding hydrogens is 238 g/mol. The quantitative estimate of drug-likeness (QED) is 0.850. The number of piperidine rings is 1. The van der Waals surface area contributed by atoms with Gasteiger partial charge in [-0.15, -0.1) is 0 Å². The molecule has 4 heteroatoms. The third-order valence-electron chi connectivity index (χ3n) is 4.70. The number of nitrogens with zero attached hydrogens (tertiary/aromatic N) is 3. The molecule has 2 saturated heterocycles. The number of aryl methyl sites for hydroxylation is 1. The van der Waals surface area contributed by atoms with Crippen molar-refractivity contribution in [1.82, 2.24) is 9.55 Å². The van der Waals surface area contributed by atoms with Gasteiger partial charge in [0.05, 0.1) is 17.1 Å². The Kier molecular flexibility index (Phi) is 2.36. The van der Waals surface area contributed by atoms with E-state index in [0.29, 0.717) is 12.1 Å². The topological polar surface area (TPSA) is 41.3 Å². The number of hydrogen-bond acceptors (Lipinski definition) is 3. The summed E-state index contributed by atoms with van der Waals surface area (Å²) >= 11 is 0. The number of aromatic nitrogens is 2. The van der Waals surface area contributed by atoms with Crippen LogP contribution < -0.4 is 4.90 Å². The van der Waals surface area contributed by atoms with Gasteiger partial charge in [-0.05, 0) is 37.8 Å². The Bertz CT molecular complexity index is 607. The van der Waals surface area contributed by atoms with Crippen molar-refractivity contribution in [1.29, 1.82) is 0 Å². The zero-order valence-electron chi connectivity index (χ0n) is 11.2. The van der Waals surface area contributed by atoms with Gasteiger partial charge in [0.25, 0.3) is 0 Å². The average molecular weight is 257 g/mol. The SMILES string of the molecule is Cn1c(N2C3CCC2CC(O)C3)nc2ccccc21. The maximum Gasteiger partial charge on any atom is 0.206 e. The van der Waals surface area contributed by atoms with Crippen molar-refractivity contribution in [2.24, 2.45) is 7.05 Å². The molecule has 2 aliphatic rings. The van der Waals surface area contributed by atoms with E-state index in [-0.39, 0.29) is 6.10 Å². The average Bonchev–Trinajstić information content (AvgIpc) is 2.86. The number of aliphatic hydroxyl groups is 1. The first-order chi connectivity index (χ1) is 9.24. The zero-order valence-corrected chi connectivity index (χ0v) is 11.2. The van der Waals surface area contributed by atoms with Crippen LogP contribution in [-0.4, -0.2) is 32.8 Å². The van der Waals surface area contributed by atoms with Crippen molar-refractivity contribution >= 4 is 17.0 Å². The highest BCUT2D eigenvalue weighted by Gasteiger charge is 2.42. The summed E-state index contributed by atoms with van der Waals surface area (Å²) in [6.45, 7) is 0. The number of imidazole rings is 1. The number of rotatable bonds is 1. The summed E-state index contributed by atoms with van der Waals surface area (Å²) in [5, 5.41) is 9.91. The summed E-state index contributed by atoms with van der Waals surface area (Å²) in [5.74, 6) is 1.07. The lowest BCUT2D eigenvalue weighted by atomic mass is 10.0. The van der Waals surface area contributed by atoms with Gasteiger partial charge in [-0.3, -0.25) is 0 Å². The molecule has 0 amide bonds. The molecule has 2 atom stereocenters. The summed E-state index contributed by atoms with van der Waals surface area (Å²) in [5.41, 5.74) is 2.24. The number of para-hydroxylation sites is 2. The van der Waals surface area contributed by atoms with E-state index in [1.807, 2.05) is 6.07 Å². The second-order valence-electron chi connectivity index (χ2n) is 5.88. The monoisotopic (exact) mass is 257 g/mol. The predicted molar refractivity (Wildman–Crippen MR) is 75.2 cm³/mol. The molecule has 2 fully saturated rings. The molecule has 1 N–H and O–H groups in total. The van der Waals surface area contributed by atoms with Crippen molar-refractivity contribution in [3.05, 3.63) is 24.3 Å². The van der Waals surface area contributed by atoms with Gasteiger partial charge in [-0.1, -0.05) is 12.1 Å². The van der Waals surface area contributed by atoms with Crippen LogP contribution in [0.3, 0.4) is 0 Å². The number of aliphatic hydroxyl groups excluding tert-OH is 1. The molecule has 2 bridgehead atoms. The highest BCUT2D eigenvalue weighted by molar-refractivity contribution is 5.78. The lowest BCUT2D eigenvalue weighted by Crippen LogP contribution is -2.45. The van der Waals surface area contributed by atoms with Crippen LogP contribution in [0, 0.1) is 0 Å². The molecule has 2 unspecified atom stereocenters. The van der Waals surface area contributed by atoms with E-state index in [1.165, 1.54) is 18.4 Å².